The van der Waals surface area contributed by atoms with Crippen LogP contribution in [0.3, 0.4) is 0 Å². The van der Waals surface area contributed by atoms with Crippen LogP contribution in [0.4, 0.5) is 11.4 Å². The molecule has 1 atom stereocenters. The van der Waals surface area contributed by atoms with Crippen molar-refractivity contribution >= 4 is 11.4 Å². The monoisotopic (exact) mass is 265 g/mol. The summed E-state index contributed by atoms with van der Waals surface area (Å²) in [6.07, 6.45) is 0.218. The summed E-state index contributed by atoms with van der Waals surface area (Å²) in [6.45, 7) is 6.82. The predicted octanol–water partition coefficient (Wildman–Crippen LogP) is 1.41. The van der Waals surface area contributed by atoms with Gasteiger partial charge >= 0.3 is 0 Å². The lowest BCUT2D eigenvalue weighted by Gasteiger charge is -2.32. The third-order valence-electron chi connectivity index (χ3n) is 3.45. The zero-order valence-electron chi connectivity index (χ0n) is 11.7. The van der Waals surface area contributed by atoms with Gasteiger partial charge in [0.2, 0.25) is 0 Å². The molecule has 0 radical (unpaired) electrons. The van der Waals surface area contributed by atoms with Gasteiger partial charge in [0.15, 0.2) is 0 Å². The number of ether oxygens (including phenoxy) is 2. The van der Waals surface area contributed by atoms with Crippen molar-refractivity contribution in [3.63, 3.8) is 0 Å². The van der Waals surface area contributed by atoms with Crippen LogP contribution in [0.2, 0.25) is 0 Å². The Morgan fingerprint density at radius 2 is 2.37 bits per heavy atom. The third kappa shape index (κ3) is 3.75. The zero-order valence-corrected chi connectivity index (χ0v) is 11.7. The van der Waals surface area contributed by atoms with Gasteiger partial charge in [-0.2, -0.15) is 0 Å². The topological polar surface area (TPSA) is 59.8 Å². The number of morpholine rings is 1. The molecule has 3 N–H and O–H groups in total. The molecule has 1 aromatic carbocycles. The Morgan fingerprint density at radius 3 is 3.05 bits per heavy atom. The molecule has 106 valence electrons. The lowest BCUT2D eigenvalue weighted by molar-refractivity contribution is -0.0191. The van der Waals surface area contributed by atoms with Crippen molar-refractivity contribution in [1.29, 1.82) is 0 Å². The number of nitrogen functional groups attached to an aromatic ring is 1. The molecule has 1 heterocycles. The van der Waals surface area contributed by atoms with Crippen LogP contribution < -0.4 is 15.8 Å². The van der Waals surface area contributed by atoms with E-state index in [-0.39, 0.29) is 6.10 Å². The van der Waals surface area contributed by atoms with Crippen LogP contribution in [-0.2, 0) is 4.74 Å². The average molecular weight is 265 g/mol. The highest BCUT2D eigenvalue weighted by molar-refractivity contribution is 5.68. The summed E-state index contributed by atoms with van der Waals surface area (Å²) in [4.78, 5) is 2.40. The first-order chi connectivity index (χ1) is 9.22. The molecule has 1 aliphatic rings. The molecule has 0 aromatic heterocycles. The van der Waals surface area contributed by atoms with Crippen molar-refractivity contribution in [1.82, 2.24) is 4.90 Å². The Labute approximate surface area is 114 Å². The highest BCUT2D eigenvalue weighted by Gasteiger charge is 2.19. The quantitative estimate of drug-likeness (QED) is 0.788. The SMILES string of the molecule is CCN1CCOC(CNc2ccc(OC)cc2N)C1. The molecule has 1 fully saturated rings. The van der Waals surface area contributed by atoms with Crippen LogP contribution in [0.5, 0.6) is 5.75 Å². The molecular weight excluding hydrogens is 242 g/mol. The molecule has 0 saturated carbocycles. The van der Waals surface area contributed by atoms with E-state index in [0.29, 0.717) is 5.69 Å². The Balaban J connectivity index is 1.88. The summed E-state index contributed by atoms with van der Waals surface area (Å²) < 4.78 is 10.9. The minimum absolute atomic E-state index is 0.218. The number of methoxy groups -OCH3 is 1. The first-order valence-corrected chi connectivity index (χ1v) is 6.74. The lowest BCUT2D eigenvalue weighted by Crippen LogP contribution is -2.45. The molecular formula is C14H23N3O2. The van der Waals surface area contributed by atoms with Crippen LogP contribution in [0.15, 0.2) is 18.2 Å². The van der Waals surface area contributed by atoms with E-state index in [2.05, 4.69) is 17.1 Å². The minimum Gasteiger partial charge on any atom is -0.497 e. The van der Waals surface area contributed by atoms with Gasteiger partial charge in [-0.15, -0.1) is 0 Å². The van der Waals surface area contributed by atoms with Gasteiger partial charge < -0.3 is 20.5 Å². The van der Waals surface area contributed by atoms with Gasteiger partial charge in [0.05, 0.1) is 31.2 Å². The summed E-state index contributed by atoms with van der Waals surface area (Å²) >= 11 is 0. The van der Waals surface area contributed by atoms with Gasteiger partial charge in [-0.3, -0.25) is 4.90 Å². The van der Waals surface area contributed by atoms with Crippen LogP contribution >= 0.6 is 0 Å². The average Bonchev–Trinajstić information content (AvgIpc) is 2.46. The fraction of sp³-hybridized carbons (Fsp3) is 0.571. The molecule has 0 aliphatic carbocycles. The van der Waals surface area contributed by atoms with Crippen LogP contribution in [0, 0.1) is 0 Å². The standard InChI is InChI=1S/C14H23N3O2/c1-3-17-6-7-19-12(10-17)9-16-14-5-4-11(18-2)8-13(14)15/h4-5,8,12,16H,3,6-7,9-10,15H2,1-2H3. The largest absolute Gasteiger partial charge is 0.497 e. The molecule has 0 bridgehead atoms. The first-order valence-electron chi connectivity index (χ1n) is 6.74. The molecule has 1 aliphatic heterocycles. The summed E-state index contributed by atoms with van der Waals surface area (Å²) in [5.74, 6) is 0.772. The second kappa shape index (κ2) is 6.63. The lowest BCUT2D eigenvalue weighted by atomic mass is 10.2. The number of benzene rings is 1. The van der Waals surface area contributed by atoms with E-state index in [4.69, 9.17) is 15.2 Å². The van der Waals surface area contributed by atoms with Crippen molar-refractivity contribution in [2.45, 2.75) is 13.0 Å². The second-order valence-corrected chi connectivity index (χ2v) is 4.72. The smallest absolute Gasteiger partial charge is 0.121 e. The van der Waals surface area contributed by atoms with Crippen LogP contribution in [0.25, 0.3) is 0 Å². The van der Waals surface area contributed by atoms with Crippen molar-refractivity contribution in [2.24, 2.45) is 0 Å². The van der Waals surface area contributed by atoms with Gasteiger partial charge in [0.25, 0.3) is 0 Å². The summed E-state index contributed by atoms with van der Waals surface area (Å²) in [5.41, 5.74) is 7.60. The highest BCUT2D eigenvalue weighted by atomic mass is 16.5. The van der Waals surface area contributed by atoms with Gasteiger partial charge in [-0.25, -0.2) is 0 Å². The minimum atomic E-state index is 0.218. The molecule has 5 heteroatoms. The predicted molar refractivity (Wildman–Crippen MR) is 77.8 cm³/mol. The van der Waals surface area contributed by atoms with Gasteiger partial charge in [-0.05, 0) is 18.7 Å². The van der Waals surface area contributed by atoms with Gasteiger partial charge in [0.1, 0.15) is 5.75 Å². The van der Waals surface area contributed by atoms with E-state index in [1.165, 1.54) is 0 Å². The van der Waals surface area contributed by atoms with E-state index in [9.17, 15) is 0 Å². The normalized spacial score (nSPS) is 20.2. The highest BCUT2D eigenvalue weighted by Crippen LogP contribution is 2.24. The van der Waals surface area contributed by atoms with Gasteiger partial charge in [-0.1, -0.05) is 6.92 Å². The summed E-state index contributed by atoms with van der Waals surface area (Å²) in [6, 6.07) is 5.66. The Morgan fingerprint density at radius 1 is 1.53 bits per heavy atom. The Hall–Kier alpha value is -1.46. The molecule has 1 aromatic rings. The molecule has 19 heavy (non-hydrogen) atoms. The number of nitrogens with one attached hydrogen (secondary N) is 1. The fourth-order valence-corrected chi connectivity index (χ4v) is 2.24. The molecule has 0 spiro atoms. The van der Waals surface area contributed by atoms with E-state index >= 15 is 0 Å². The van der Waals surface area contributed by atoms with Crippen LogP contribution in [0.1, 0.15) is 6.92 Å². The second-order valence-electron chi connectivity index (χ2n) is 4.72. The molecule has 1 saturated heterocycles. The number of likely N-dealkylation sites (N-methyl/N-ethyl adjacent to an activating group) is 1. The van der Waals surface area contributed by atoms with Crippen LogP contribution in [-0.4, -0.2) is 50.9 Å². The Kier molecular flexibility index (Phi) is 4.87. The number of anilines is 2. The molecule has 5 nitrogen and oxygen atoms in total. The van der Waals surface area contributed by atoms with Crippen molar-refractivity contribution in [3.05, 3.63) is 18.2 Å². The van der Waals surface area contributed by atoms with Crippen molar-refractivity contribution < 1.29 is 9.47 Å². The maximum absolute atomic E-state index is 5.97. The number of nitrogens with two attached hydrogens (primary N) is 1. The van der Waals surface area contributed by atoms with Gasteiger partial charge in [0, 0.05) is 25.7 Å². The maximum Gasteiger partial charge on any atom is 0.121 e. The molecule has 2 rings (SSSR count). The Bertz CT molecular complexity index is 412. The van der Waals surface area contributed by atoms with E-state index in [1.54, 1.807) is 7.11 Å². The number of hydrogen-bond donors (Lipinski definition) is 2. The zero-order chi connectivity index (χ0) is 13.7. The summed E-state index contributed by atoms with van der Waals surface area (Å²) in [7, 11) is 1.64. The van der Waals surface area contributed by atoms with Crippen molar-refractivity contribution in [2.75, 3.05) is 50.9 Å². The van der Waals surface area contributed by atoms with E-state index in [1.807, 2.05) is 18.2 Å². The van der Waals surface area contributed by atoms with E-state index in [0.717, 1.165) is 44.2 Å². The summed E-state index contributed by atoms with van der Waals surface area (Å²) in [5, 5.41) is 3.35. The van der Waals surface area contributed by atoms with E-state index < -0.39 is 0 Å². The maximum atomic E-state index is 5.97. The molecule has 0 amide bonds. The first kappa shape index (κ1) is 14.0. The molecule has 1 unspecified atom stereocenters. The number of hydrogen-bond acceptors (Lipinski definition) is 5. The fourth-order valence-electron chi connectivity index (χ4n) is 2.24. The number of nitrogens with zero attached hydrogens (tertiary/aromatic N) is 1. The third-order valence-corrected chi connectivity index (χ3v) is 3.45. The van der Waals surface area contributed by atoms with Crippen molar-refractivity contribution in [3.8, 4) is 5.75 Å². The number of rotatable bonds is 5.